The molecule has 1 aromatic heterocycles. The van der Waals surface area contributed by atoms with Crippen LogP contribution in [0.5, 0.6) is 0 Å². The summed E-state index contributed by atoms with van der Waals surface area (Å²) >= 11 is 0. The summed E-state index contributed by atoms with van der Waals surface area (Å²) < 4.78 is 6.53. The van der Waals surface area contributed by atoms with Crippen molar-refractivity contribution < 1.29 is 9.21 Å². The minimum Gasteiger partial charge on any atom is -0.456 e. The SMILES string of the molecule is Cc1cccc(C)c1B1c2cc3c(cc2N2C(=O)N4c5ccc6oc7ccccc7c6c5B(c5ccccc5)c5ccc6ccc1c2c6c54)C(C)(C)CCC3(C)C. The van der Waals surface area contributed by atoms with Crippen molar-refractivity contribution in [2.45, 2.75) is 65.2 Å². The maximum Gasteiger partial charge on any atom is 0.338 e. The molecule has 4 aliphatic rings. The third-order valence-corrected chi connectivity index (χ3v) is 14.3. The van der Waals surface area contributed by atoms with Gasteiger partial charge in [-0.05, 0) is 100 Å². The molecule has 6 heteroatoms. The summed E-state index contributed by atoms with van der Waals surface area (Å²) in [6.45, 7) is 13.9. The van der Waals surface area contributed by atoms with Crippen LogP contribution in [0.4, 0.5) is 27.5 Å². The van der Waals surface area contributed by atoms with Crippen LogP contribution in [-0.4, -0.2) is 19.5 Å². The molecule has 274 valence electrons. The number of aryl methyl sites for hydroxylation is 2. The van der Waals surface area contributed by atoms with Gasteiger partial charge in [0.2, 0.25) is 13.4 Å². The Labute approximate surface area is 334 Å². The van der Waals surface area contributed by atoms with E-state index in [1.165, 1.54) is 44.1 Å². The van der Waals surface area contributed by atoms with Crippen LogP contribution >= 0.6 is 0 Å². The minimum absolute atomic E-state index is 0.0137. The maximum absolute atomic E-state index is 16.1. The zero-order valence-electron chi connectivity index (χ0n) is 33.3. The second kappa shape index (κ2) is 11.1. The van der Waals surface area contributed by atoms with Gasteiger partial charge in [0.05, 0.1) is 11.4 Å². The average molecular weight is 737 g/mol. The van der Waals surface area contributed by atoms with Gasteiger partial charge < -0.3 is 4.42 Å². The van der Waals surface area contributed by atoms with Crippen LogP contribution in [0.3, 0.4) is 0 Å². The summed E-state index contributed by atoms with van der Waals surface area (Å²) in [6.07, 6.45) is 2.22. The Morgan fingerprint density at radius 1 is 0.561 bits per heavy atom. The van der Waals surface area contributed by atoms with E-state index in [2.05, 4.69) is 161 Å². The van der Waals surface area contributed by atoms with Crippen molar-refractivity contribution >= 4 is 108 Å². The third-order valence-electron chi connectivity index (χ3n) is 14.3. The molecule has 0 unspecified atom stereocenters. The lowest BCUT2D eigenvalue weighted by Gasteiger charge is -2.48. The number of hydrogen-bond acceptors (Lipinski definition) is 2. The van der Waals surface area contributed by atoms with Gasteiger partial charge in [-0.25, -0.2) is 4.79 Å². The Kier molecular flexibility index (Phi) is 6.46. The number of benzene rings is 7. The van der Waals surface area contributed by atoms with E-state index in [1.807, 2.05) is 12.1 Å². The minimum atomic E-state index is -0.114. The van der Waals surface area contributed by atoms with Gasteiger partial charge in [0.25, 0.3) is 0 Å². The van der Waals surface area contributed by atoms with Gasteiger partial charge in [0, 0.05) is 27.5 Å². The fourth-order valence-electron chi connectivity index (χ4n) is 11.4. The largest absolute Gasteiger partial charge is 0.456 e. The van der Waals surface area contributed by atoms with Gasteiger partial charge in [-0.2, -0.15) is 0 Å². The third kappa shape index (κ3) is 4.23. The first-order chi connectivity index (χ1) is 27.5. The first-order valence-corrected chi connectivity index (χ1v) is 20.5. The number of carbonyl (C=O) groups is 1. The monoisotopic (exact) mass is 736 g/mol. The molecular weight excluding hydrogens is 694 g/mol. The van der Waals surface area contributed by atoms with Crippen LogP contribution < -0.4 is 42.6 Å². The zero-order valence-corrected chi connectivity index (χ0v) is 33.3. The summed E-state index contributed by atoms with van der Waals surface area (Å²) in [6, 6.07) is 44.1. The number of furan rings is 1. The first kappa shape index (κ1) is 33.2. The summed E-state index contributed by atoms with van der Waals surface area (Å²) in [4.78, 5) is 20.3. The molecule has 12 rings (SSSR count). The molecule has 4 heterocycles. The summed E-state index contributed by atoms with van der Waals surface area (Å²) in [5.74, 6) is 0. The zero-order chi connectivity index (χ0) is 38.7. The van der Waals surface area contributed by atoms with Crippen molar-refractivity contribution in [2.24, 2.45) is 0 Å². The molecule has 0 spiro atoms. The predicted molar refractivity (Wildman–Crippen MR) is 241 cm³/mol. The molecule has 57 heavy (non-hydrogen) atoms. The molecule has 0 N–H and O–H groups in total. The highest BCUT2D eigenvalue weighted by Gasteiger charge is 2.50. The lowest BCUT2D eigenvalue weighted by molar-refractivity contribution is 0.255. The Morgan fingerprint density at radius 3 is 1.91 bits per heavy atom. The van der Waals surface area contributed by atoms with Crippen LogP contribution in [0.15, 0.2) is 126 Å². The summed E-state index contributed by atoms with van der Waals surface area (Å²) in [7, 11) is 0. The van der Waals surface area contributed by atoms with E-state index >= 15 is 4.79 Å². The highest BCUT2D eigenvalue weighted by Crippen LogP contribution is 2.51. The molecule has 3 aliphatic heterocycles. The van der Waals surface area contributed by atoms with Crippen LogP contribution in [0.2, 0.25) is 0 Å². The highest BCUT2D eigenvalue weighted by atomic mass is 16.3. The smallest absolute Gasteiger partial charge is 0.338 e. The number of amides is 2. The lowest BCUT2D eigenvalue weighted by atomic mass is 9.33. The van der Waals surface area contributed by atoms with E-state index in [1.54, 1.807) is 0 Å². The topological polar surface area (TPSA) is 36.7 Å². The van der Waals surface area contributed by atoms with Gasteiger partial charge in [-0.1, -0.05) is 147 Å². The molecule has 0 atom stereocenters. The van der Waals surface area contributed by atoms with E-state index in [-0.39, 0.29) is 30.3 Å². The molecule has 0 fully saturated rings. The Morgan fingerprint density at radius 2 is 1.19 bits per heavy atom. The van der Waals surface area contributed by atoms with Gasteiger partial charge in [0.15, 0.2) is 0 Å². The fraction of sp³-hybridized carbons (Fsp3) is 0.196. The Bertz CT molecular complexity index is 3090. The molecular formula is C51H42B2N2O2. The number of carbonyl (C=O) groups excluding carboxylic acids is 1. The molecule has 0 bridgehead atoms. The van der Waals surface area contributed by atoms with E-state index in [0.29, 0.717) is 0 Å². The second-order valence-corrected chi connectivity index (χ2v) is 18.3. The van der Waals surface area contributed by atoms with Gasteiger partial charge in [-0.15, -0.1) is 0 Å². The van der Waals surface area contributed by atoms with Gasteiger partial charge >= 0.3 is 6.03 Å². The van der Waals surface area contributed by atoms with Gasteiger partial charge in [0.1, 0.15) is 11.2 Å². The normalized spacial score (nSPS) is 17.0. The van der Waals surface area contributed by atoms with Crippen molar-refractivity contribution in [3.05, 3.63) is 144 Å². The molecule has 8 aromatic rings. The number of hydrogen-bond donors (Lipinski definition) is 0. The fourth-order valence-corrected chi connectivity index (χ4v) is 11.4. The van der Waals surface area contributed by atoms with Crippen LogP contribution in [0.25, 0.3) is 32.7 Å². The standard InChI is InChI=1S/C51H42B2N2O2/c1-29-13-12-14-30(2)45(29)53-37-22-20-31-19-21-36-47-43(31)48(37)55(40-28-35-34(27-38(40)53)50(3,4)25-26-51(35,5)6)49(56)54(47)39-23-24-42-44(33-17-10-11-18-41(33)57-42)46(39)52(36)32-15-8-7-9-16-32/h7-24,27-28H,25-26H2,1-6H3. The molecule has 0 radical (unpaired) electrons. The number of rotatable bonds is 2. The van der Waals surface area contributed by atoms with Crippen LogP contribution in [0, 0.1) is 13.8 Å². The molecule has 2 amide bonds. The Balaban J connectivity index is 1.24. The van der Waals surface area contributed by atoms with Crippen LogP contribution in [-0.2, 0) is 10.8 Å². The van der Waals surface area contributed by atoms with E-state index in [0.717, 1.165) is 79.2 Å². The maximum atomic E-state index is 16.1. The van der Waals surface area contributed by atoms with Gasteiger partial charge in [-0.3, -0.25) is 9.80 Å². The lowest BCUT2D eigenvalue weighted by Crippen LogP contribution is -2.65. The van der Waals surface area contributed by atoms with E-state index < -0.39 is 0 Å². The number of fused-ring (bicyclic) bond motifs is 9. The van der Waals surface area contributed by atoms with Crippen LogP contribution in [0.1, 0.15) is 62.8 Å². The number of urea groups is 1. The molecule has 0 saturated heterocycles. The number of nitrogens with zero attached hydrogens (tertiary/aromatic N) is 2. The summed E-state index contributed by atoms with van der Waals surface area (Å²) in [5.41, 5.74) is 18.2. The predicted octanol–water partition coefficient (Wildman–Crippen LogP) is 8.77. The van der Waals surface area contributed by atoms with E-state index in [9.17, 15) is 0 Å². The van der Waals surface area contributed by atoms with Crippen molar-refractivity contribution in [3.8, 4) is 0 Å². The van der Waals surface area contributed by atoms with E-state index in [4.69, 9.17) is 4.42 Å². The Hall–Kier alpha value is -6.00. The number of para-hydroxylation sites is 1. The van der Waals surface area contributed by atoms with Crippen molar-refractivity contribution in [3.63, 3.8) is 0 Å². The highest BCUT2D eigenvalue weighted by molar-refractivity contribution is 7.01. The molecule has 1 aliphatic carbocycles. The number of anilines is 4. The molecule has 7 aromatic carbocycles. The second-order valence-electron chi connectivity index (χ2n) is 18.3. The first-order valence-electron chi connectivity index (χ1n) is 20.5. The van der Waals surface area contributed by atoms with Crippen molar-refractivity contribution in [1.29, 1.82) is 0 Å². The molecule has 0 saturated carbocycles. The van der Waals surface area contributed by atoms with Crippen molar-refractivity contribution in [1.82, 2.24) is 0 Å². The summed E-state index contributed by atoms with van der Waals surface area (Å²) in [5, 5.41) is 4.43. The average Bonchev–Trinajstić information content (AvgIpc) is 3.59. The van der Waals surface area contributed by atoms with Crippen molar-refractivity contribution in [2.75, 3.05) is 9.80 Å². The molecule has 4 nitrogen and oxygen atoms in total. The quantitative estimate of drug-likeness (QED) is 0.167.